The average Bonchev–Trinajstić information content (AvgIpc) is 2.69. The van der Waals surface area contributed by atoms with Crippen LogP contribution in [0.1, 0.15) is 30.7 Å². The van der Waals surface area contributed by atoms with E-state index in [2.05, 4.69) is 21.6 Å². The highest BCUT2D eigenvalue weighted by atomic mass is 19.1. The smallest absolute Gasteiger partial charge is 0.174 e. The van der Waals surface area contributed by atoms with Gasteiger partial charge in [0, 0.05) is 17.3 Å². The summed E-state index contributed by atoms with van der Waals surface area (Å²) in [6.45, 7) is 4.00. The first-order valence-corrected chi connectivity index (χ1v) is 9.91. The lowest BCUT2D eigenvalue weighted by atomic mass is 9.79. The molecule has 1 fully saturated rings. The molecule has 1 aliphatic carbocycles. The fraction of sp³-hybridized carbons (Fsp3) is 0.318. The van der Waals surface area contributed by atoms with Gasteiger partial charge < -0.3 is 15.6 Å². The lowest BCUT2D eigenvalue weighted by molar-refractivity contribution is 0.0779. The number of aromatic nitrogens is 2. The summed E-state index contributed by atoms with van der Waals surface area (Å²) in [7, 11) is 0. The molecule has 2 aliphatic rings. The van der Waals surface area contributed by atoms with Crippen molar-refractivity contribution in [3.05, 3.63) is 60.3 Å². The van der Waals surface area contributed by atoms with Gasteiger partial charge in [0.05, 0.1) is 30.3 Å². The fourth-order valence-corrected chi connectivity index (χ4v) is 3.46. The maximum Gasteiger partial charge on any atom is 0.174 e. The number of hydrazone groups is 1. The number of ether oxygens (including phenoxy) is 1. The zero-order chi connectivity index (χ0) is 21.1. The Morgan fingerprint density at radius 2 is 2.13 bits per heavy atom. The van der Waals surface area contributed by atoms with Gasteiger partial charge in [0.2, 0.25) is 0 Å². The molecule has 1 saturated carbocycles. The Kier molecular flexibility index (Phi) is 5.76. The number of rotatable bonds is 7. The second-order valence-electron chi connectivity index (χ2n) is 7.46. The molecule has 1 aromatic heterocycles. The largest absolute Gasteiger partial charge is 0.487 e. The van der Waals surface area contributed by atoms with Gasteiger partial charge in [0.15, 0.2) is 11.6 Å². The third kappa shape index (κ3) is 4.18. The zero-order valence-corrected chi connectivity index (χ0v) is 16.5. The van der Waals surface area contributed by atoms with Crippen LogP contribution >= 0.6 is 0 Å². The molecule has 156 valence electrons. The van der Waals surface area contributed by atoms with Crippen LogP contribution in [0, 0.1) is 5.82 Å². The van der Waals surface area contributed by atoms with Gasteiger partial charge in [-0.3, -0.25) is 9.99 Å². The van der Waals surface area contributed by atoms with Crippen molar-refractivity contribution in [2.45, 2.75) is 31.3 Å². The minimum atomic E-state index is -0.876. The predicted molar refractivity (Wildman–Crippen MR) is 113 cm³/mol. The van der Waals surface area contributed by atoms with Gasteiger partial charge in [-0.05, 0) is 37.0 Å². The van der Waals surface area contributed by atoms with Gasteiger partial charge in [-0.25, -0.2) is 9.37 Å². The zero-order valence-electron chi connectivity index (χ0n) is 16.5. The minimum absolute atomic E-state index is 0.0729. The van der Waals surface area contributed by atoms with Crippen LogP contribution in [0.15, 0.2) is 54.1 Å². The molecule has 3 N–H and O–H groups in total. The minimum Gasteiger partial charge on any atom is -0.487 e. The van der Waals surface area contributed by atoms with Crippen LogP contribution in [-0.2, 0) is 0 Å². The highest BCUT2D eigenvalue weighted by Gasteiger charge is 2.27. The Morgan fingerprint density at radius 3 is 2.80 bits per heavy atom. The molecule has 0 bridgehead atoms. The van der Waals surface area contributed by atoms with Crippen molar-refractivity contribution in [3.63, 3.8) is 0 Å². The first-order valence-electron chi connectivity index (χ1n) is 9.91. The Balaban J connectivity index is 1.54. The number of hydrogen-bond donors (Lipinski definition) is 2. The summed E-state index contributed by atoms with van der Waals surface area (Å²) in [6, 6.07) is 3.58. The number of anilines is 1. The second kappa shape index (κ2) is 8.62. The second-order valence-corrected chi connectivity index (χ2v) is 7.46. The number of aliphatic hydroxyl groups is 1. The van der Waals surface area contributed by atoms with E-state index in [1.807, 2.05) is 6.07 Å². The number of nitrogens with two attached hydrogens (primary N) is 1. The number of nitrogens with zero attached hydrogens (tertiary/aromatic N) is 4. The van der Waals surface area contributed by atoms with Crippen molar-refractivity contribution >= 4 is 12.0 Å². The van der Waals surface area contributed by atoms with E-state index in [4.69, 9.17) is 10.5 Å². The Labute approximate surface area is 174 Å². The number of halogens is 1. The molecule has 7 nitrogen and oxygen atoms in total. The van der Waals surface area contributed by atoms with Crippen molar-refractivity contribution in [3.8, 4) is 17.0 Å². The highest BCUT2D eigenvalue weighted by Crippen LogP contribution is 2.43. The molecule has 1 atom stereocenters. The van der Waals surface area contributed by atoms with Gasteiger partial charge >= 0.3 is 0 Å². The molecule has 0 amide bonds. The maximum atomic E-state index is 15.4. The molecule has 0 saturated heterocycles. The molecule has 4 rings (SSSR count). The lowest BCUT2D eigenvalue weighted by Gasteiger charge is -2.29. The van der Waals surface area contributed by atoms with Crippen LogP contribution in [0.3, 0.4) is 0 Å². The molecule has 30 heavy (non-hydrogen) atoms. The van der Waals surface area contributed by atoms with E-state index in [1.54, 1.807) is 29.4 Å². The van der Waals surface area contributed by atoms with Gasteiger partial charge in [-0.15, -0.1) is 0 Å². The Bertz CT molecular complexity index is 986. The molecular formula is C22H24FN5O2. The molecule has 1 aromatic carbocycles. The number of aliphatic hydroxyl groups excluding tert-OH is 1. The number of hydrogen-bond acceptors (Lipinski definition) is 7. The highest BCUT2D eigenvalue weighted by molar-refractivity contribution is 5.72. The van der Waals surface area contributed by atoms with Gasteiger partial charge in [0.25, 0.3) is 0 Å². The van der Waals surface area contributed by atoms with Crippen LogP contribution in [-0.4, -0.2) is 45.6 Å². The molecule has 1 unspecified atom stereocenters. The summed E-state index contributed by atoms with van der Waals surface area (Å²) in [5.41, 5.74) is 7.73. The third-order valence-corrected chi connectivity index (χ3v) is 5.34. The van der Waals surface area contributed by atoms with E-state index in [-0.39, 0.29) is 36.2 Å². The fourth-order valence-electron chi connectivity index (χ4n) is 3.46. The summed E-state index contributed by atoms with van der Waals surface area (Å²) in [4.78, 5) is 8.16. The van der Waals surface area contributed by atoms with Crippen LogP contribution in [0.2, 0.25) is 0 Å². The Hall–Kier alpha value is -3.26. The van der Waals surface area contributed by atoms with E-state index < -0.39 is 11.9 Å². The van der Waals surface area contributed by atoms with Gasteiger partial charge in [-0.2, -0.15) is 5.10 Å². The van der Waals surface area contributed by atoms with E-state index in [0.717, 1.165) is 24.8 Å². The molecule has 0 spiro atoms. The van der Waals surface area contributed by atoms with Gasteiger partial charge in [-0.1, -0.05) is 19.1 Å². The van der Waals surface area contributed by atoms with Crippen LogP contribution in [0.5, 0.6) is 5.75 Å². The van der Waals surface area contributed by atoms with E-state index in [0.29, 0.717) is 11.4 Å². The maximum absolute atomic E-state index is 15.4. The van der Waals surface area contributed by atoms with Crippen molar-refractivity contribution in [2.24, 2.45) is 5.10 Å². The number of allylic oxidation sites excluding steroid dienone is 2. The van der Waals surface area contributed by atoms with Crippen LogP contribution in [0.4, 0.5) is 10.2 Å². The number of benzene rings is 1. The summed E-state index contributed by atoms with van der Waals surface area (Å²) < 4.78 is 21.3. The van der Waals surface area contributed by atoms with E-state index >= 15 is 4.39 Å². The van der Waals surface area contributed by atoms with Crippen molar-refractivity contribution in [2.75, 3.05) is 18.9 Å². The number of nitrogen functional groups attached to an aromatic ring is 1. The SMILES string of the molecule is C=C1C=CC=NN1CC(O)COc1c(C2CCC2)ccc(-c2cnc(N)cn2)c1F. The van der Waals surface area contributed by atoms with E-state index in [1.165, 1.54) is 12.4 Å². The van der Waals surface area contributed by atoms with Crippen molar-refractivity contribution in [1.29, 1.82) is 0 Å². The summed E-state index contributed by atoms with van der Waals surface area (Å²) in [5.74, 6) is 0.182. The molecule has 0 radical (unpaired) electrons. The molecule has 2 aromatic rings. The molecule has 2 heterocycles. The molecule has 1 aliphatic heterocycles. The van der Waals surface area contributed by atoms with Crippen LogP contribution < -0.4 is 10.5 Å². The lowest BCUT2D eigenvalue weighted by Crippen LogP contribution is -2.32. The summed E-state index contributed by atoms with van der Waals surface area (Å²) in [6.07, 6.45) is 10.2. The third-order valence-electron chi connectivity index (χ3n) is 5.34. The van der Waals surface area contributed by atoms with Crippen molar-refractivity contribution in [1.82, 2.24) is 15.0 Å². The molecule has 8 heteroatoms. The quantitative estimate of drug-likeness (QED) is 0.729. The standard InChI is InChI=1S/C22H24FN5O2/c1-14-4-3-9-27-28(14)12-16(29)13-30-22-17(15-5-2-6-15)7-8-18(21(22)23)19-10-26-20(24)11-25-19/h3-4,7-11,15-16,29H,1-2,5-6,12-13H2,(H2,24,26). The van der Waals surface area contributed by atoms with Crippen LogP contribution in [0.25, 0.3) is 11.3 Å². The summed E-state index contributed by atoms with van der Waals surface area (Å²) >= 11 is 0. The first kappa shape index (κ1) is 20.0. The predicted octanol–water partition coefficient (Wildman–Crippen LogP) is 3.24. The Morgan fingerprint density at radius 1 is 1.30 bits per heavy atom. The van der Waals surface area contributed by atoms with Gasteiger partial charge in [0.1, 0.15) is 18.5 Å². The van der Waals surface area contributed by atoms with Crippen molar-refractivity contribution < 1.29 is 14.2 Å². The molecular weight excluding hydrogens is 385 g/mol. The summed E-state index contributed by atoms with van der Waals surface area (Å²) in [5, 5.41) is 16.2. The number of β-amino-alcohol motifs (C(OH)–C–C–N with tert-alkyl or cyclic N) is 1. The topological polar surface area (TPSA) is 96.9 Å². The average molecular weight is 409 g/mol. The normalized spacial score (nSPS) is 17.1. The van der Waals surface area contributed by atoms with E-state index in [9.17, 15) is 5.11 Å². The monoisotopic (exact) mass is 409 g/mol. The first-order chi connectivity index (χ1) is 14.5.